The summed E-state index contributed by atoms with van der Waals surface area (Å²) >= 11 is 0. The Bertz CT molecular complexity index is 531. The maximum absolute atomic E-state index is 12.2. The number of fused-ring (bicyclic) bond motifs is 1. The van der Waals surface area contributed by atoms with Gasteiger partial charge in [0, 0.05) is 37.9 Å². The number of nitrogens with one attached hydrogen (secondary N) is 1. The van der Waals surface area contributed by atoms with Gasteiger partial charge in [-0.05, 0) is 13.0 Å². The first-order valence-electron chi connectivity index (χ1n) is 7.02. The van der Waals surface area contributed by atoms with Gasteiger partial charge in [0.25, 0.3) is 0 Å². The number of hydrogen-bond donors (Lipinski definition) is 2. The molecule has 1 unspecified atom stereocenters. The van der Waals surface area contributed by atoms with Gasteiger partial charge in [-0.15, -0.1) is 0 Å². The normalized spacial score (nSPS) is 17.4. The van der Waals surface area contributed by atoms with Crippen LogP contribution in [0.3, 0.4) is 0 Å². The van der Waals surface area contributed by atoms with E-state index in [9.17, 15) is 4.79 Å². The average Bonchev–Trinajstić information content (AvgIpc) is 2.53. The Kier molecular flexibility index (Phi) is 5.16. The van der Waals surface area contributed by atoms with Crippen molar-refractivity contribution in [1.29, 1.82) is 0 Å². The van der Waals surface area contributed by atoms with Crippen molar-refractivity contribution in [2.75, 3.05) is 31.7 Å². The second-order valence-electron chi connectivity index (χ2n) is 4.97. The molecule has 1 aliphatic heterocycles. The summed E-state index contributed by atoms with van der Waals surface area (Å²) in [6.07, 6.45) is 0.614. The molecule has 1 aliphatic rings. The Morgan fingerprint density at radius 1 is 1.52 bits per heavy atom. The molecule has 2 rings (SSSR count). The Labute approximate surface area is 124 Å². The van der Waals surface area contributed by atoms with Gasteiger partial charge in [0.15, 0.2) is 0 Å². The van der Waals surface area contributed by atoms with Crippen molar-refractivity contribution >= 4 is 17.3 Å². The summed E-state index contributed by atoms with van der Waals surface area (Å²) in [5.41, 5.74) is 2.46. The Balaban J connectivity index is 2.15. The number of nitrogens with zero attached hydrogens (tertiary/aromatic N) is 2. The minimum Gasteiger partial charge on any atom is -0.411 e. The number of methoxy groups -OCH3 is 1. The topological polar surface area (TPSA) is 74.2 Å². The SMILES string of the molecule is COCCNC(=O)C(C)N1CCC(=NO)c2ccccc21. The summed E-state index contributed by atoms with van der Waals surface area (Å²) in [5, 5.41) is 15.3. The molecule has 6 heteroatoms. The lowest BCUT2D eigenvalue weighted by molar-refractivity contribution is -0.122. The van der Waals surface area contributed by atoms with Crippen molar-refractivity contribution < 1.29 is 14.7 Å². The van der Waals surface area contributed by atoms with E-state index in [0.717, 1.165) is 11.3 Å². The lowest BCUT2D eigenvalue weighted by atomic mass is 9.98. The Hall–Kier alpha value is -2.08. The zero-order valence-electron chi connectivity index (χ0n) is 12.4. The second kappa shape index (κ2) is 7.08. The zero-order chi connectivity index (χ0) is 15.2. The highest BCUT2D eigenvalue weighted by Crippen LogP contribution is 2.28. The van der Waals surface area contributed by atoms with Gasteiger partial charge in [0.1, 0.15) is 6.04 Å². The summed E-state index contributed by atoms with van der Waals surface area (Å²) < 4.78 is 4.93. The first-order valence-corrected chi connectivity index (χ1v) is 7.02. The monoisotopic (exact) mass is 291 g/mol. The lowest BCUT2D eigenvalue weighted by Gasteiger charge is -2.35. The smallest absolute Gasteiger partial charge is 0.242 e. The highest BCUT2D eigenvalue weighted by molar-refractivity contribution is 6.07. The van der Waals surface area contributed by atoms with Crippen LogP contribution in [0.25, 0.3) is 0 Å². The zero-order valence-corrected chi connectivity index (χ0v) is 12.4. The maximum atomic E-state index is 12.2. The van der Waals surface area contributed by atoms with E-state index in [4.69, 9.17) is 9.94 Å². The van der Waals surface area contributed by atoms with Crippen LogP contribution < -0.4 is 10.2 Å². The quantitative estimate of drug-likeness (QED) is 0.486. The number of carbonyl (C=O) groups is 1. The van der Waals surface area contributed by atoms with Crippen molar-refractivity contribution in [3.8, 4) is 0 Å². The second-order valence-corrected chi connectivity index (χ2v) is 4.97. The van der Waals surface area contributed by atoms with Crippen LogP contribution in [0, 0.1) is 0 Å². The van der Waals surface area contributed by atoms with Gasteiger partial charge in [-0.1, -0.05) is 23.4 Å². The minimum atomic E-state index is -0.289. The standard InChI is InChI=1S/C15H21N3O3/c1-11(15(19)16-8-10-21-2)18-9-7-13(17-20)12-5-3-4-6-14(12)18/h3-6,11,20H,7-10H2,1-2H3,(H,16,19). The molecule has 6 nitrogen and oxygen atoms in total. The van der Waals surface area contributed by atoms with E-state index in [1.807, 2.05) is 36.1 Å². The predicted octanol–water partition coefficient (Wildman–Crippen LogP) is 1.23. The van der Waals surface area contributed by atoms with E-state index in [-0.39, 0.29) is 11.9 Å². The summed E-state index contributed by atoms with van der Waals surface area (Å²) in [4.78, 5) is 14.2. The molecular weight excluding hydrogens is 270 g/mol. The van der Waals surface area contributed by atoms with Crippen LogP contribution in [0.5, 0.6) is 0 Å². The molecule has 0 saturated carbocycles. The molecule has 1 atom stereocenters. The number of oxime groups is 1. The molecule has 1 aromatic rings. The fraction of sp³-hybridized carbons (Fsp3) is 0.467. The third kappa shape index (κ3) is 3.33. The van der Waals surface area contributed by atoms with Crippen LogP contribution in [-0.4, -0.2) is 49.7 Å². The van der Waals surface area contributed by atoms with Gasteiger partial charge < -0.3 is 20.2 Å². The van der Waals surface area contributed by atoms with Gasteiger partial charge in [-0.3, -0.25) is 4.79 Å². The molecular formula is C15H21N3O3. The molecule has 0 fully saturated rings. The Morgan fingerprint density at radius 3 is 3.00 bits per heavy atom. The van der Waals surface area contributed by atoms with Crippen LogP contribution in [-0.2, 0) is 9.53 Å². The highest BCUT2D eigenvalue weighted by atomic mass is 16.5. The van der Waals surface area contributed by atoms with Crippen LogP contribution in [0.15, 0.2) is 29.4 Å². The molecule has 114 valence electrons. The van der Waals surface area contributed by atoms with Crippen molar-refractivity contribution in [2.24, 2.45) is 5.16 Å². The van der Waals surface area contributed by atoms with Crippen molar-refractivity contribution in [3.05, 3.63) is 29.8 Å². The van der Waals surface area contributed by atoms with E-state index in [1.54, 1.807) is 7.11 Å². The van der Waals surface area contributed by atoms with Crippen LogP contribution >= 0.6 is 0 Å². The van der Waals surface area contributed by atoms with E-state index >= 15 is 0 Å². The molecule has 1 heterocycles. The fourth-order valence-electron chi connectivity index (χ4n) is 2.52. The molecule has 0 bridgehead atoms. The predicted molar refractivity (Wildman–Crippen MR) is 81.1 cm³/mol. The average molecular weight is 291 g/mol. The maximum Gasteiger partial charge on any atom is 0.242 e. The molecule has 0 saturated heterocycles. The summed E-state index contributed by atoms with van der Waals surface area (Å²) in [6.45, 7) is 3.52. The molecule has 0 aromatic heterocycles. The number of benzene rings is 1. The summed E-state index contributed by atoms with van der Waals surface area (Å²) in [7, 11) is 1.60. The van der Waals surface area contributed by atoms with Gasteiger partial charge in [-0.25, -0.2) is 0 Å². The summed E-state index contributed by atoms with van der Waals surface area (Å²) in [5.74, 6) is -0.0359. The minimum absolute atomic E-state index is 0.0359. The first kappa shape index (κ1) is 15.3. The van der Waals surface area contributed by atoms with E-state index < -0.39 is 0 Å². The van der Waals surface area contributed by atoms with Crippen LogP contribution in [0.4, 0.5) is 5.69 Å². The molecule has 0 spiro atoms. The summed E-state index contributed by atoms with van der Waals surface area (Å²) in [6, 6.07) is 7.38. The fourth-order valence-corrected chi connectivity index (χ4v) is 2.52. The van der Waals surface area contributed by atoms with Crippen molar-refractivity contribution in [3.63, 3.8) is 0 Å². The van der Waals surface area contributed by atoms with E-state index in [2.05, 4.69) is 10.5 Å². The third-order valence-electron chi connectivity index (χ3n) is 3.69. The number of para-hydroxylation sites is 1. The molecule has 0 radical (unpaired) electrons. The number of hydrogen-bond acceptors (Lipinski definition) is 5. The van der Waals surface area contributed by atoms with Crippen LogP contribution in [0.1, 0.15) is 18.9 Å². The molecule has 1 amide bonds. The molecule has 21 heavy (non-hydrogen) atoms. The highest BCUT2D eigenvalue weighted by Gasteiger charge is 2.28. The van der Waals surface area contributed by atoms with Crippen molar-refractivity contribution in [2.45, 2.75) is 19.4 Å². The van der Waals surface area contributed by atoms with Gasteiger partial charge in [-0.2, -0.15) is 0 Å². The largest absolute Gasteiger partial charge is 0.411 e. The number of amides is 1. The van der Waals surface area contributed by atoms with Gasteiger partial charge in [0.2, 0.25) is 5.91 Å². The number of rotatable bonds is 5. The number of carbonyl (C=O) groups excluding carboxylic acids is 1. The van der Waals surface area contributed by atoms with Crippen molar-refractivity contribution in [1.82, 2.24) is 5.32 Å². The number of anilines is 1. The molecule has 1 aromatic carbocycles. The third-order valence-corrected chi connectivity index (χ3v) is 3.69. The molecule has 2 N–H and O–H groups in total. The van der Waals surface area contributed by atoms with E-state index in [0.29, 0.717) is 31.8 Å². The van der Waals surface area contributed by atoms with Gasteiger partial charge in [0.05, 0.1) is 12.3 Å². The Morgan fingerprint density at radius 2 is 2.29 bits per heavy atom. The lowest BCUT2D eigenvalue weighted by Crippen LogP contribution is -2.48. The van der Waals surface area contributed by atoms with Crippen LogP contribution in [0.2, 0.25) is 0 Å². The number of ether oxygens (including phenoxy) is 1. The van der Waals surface area contributed by atoms with E-state index in [1.165, 1.54) is 0 Å². The first-order chi connectivity index (χ1) is 10.2. The molecule has 0 aliphatic carbocycles. The van der Waals surface area contributed by atoms with Gasteiger partial charge >= 0.3 is 0 Å².